The molecule has 0 unspecified atom stereocenters. The van der Waals surface area contributed by atoms with Gasteiger partial charge in [-0.1, -0.05) is 5.04 Å². The third-order valence-corrected chi connectivity index (χ3v) is 7.04. The molecule has 0 aliphatic heterocycles. The van der Waals surface area contributed by atoms with Crippen molar-refractivity contribution < 1.29 is 40.6 Å². The average molecular weight is 462 g/mol. The Bertz CT molecular complexity index is 527. The monoisotopic (exact) mass is 461 g/mol. The number of rotatable bonds is 17. The van der Waals surface area contributed by atoms with Crippen LogP contribution in [0.25, 0.3) is 0 Å². The maximum Gasteiger partial charge on any atom is 0.266 e. The maximum atomic E-state index is 10.9. The topological polar surface area (TPSA) is 151 Å². The first-order chi connectivity index (χ1) is 11.6. The Morgan fingerprint density at radius 1 is 0.760 bits per heavy atom. The van der Waals surface area contributed by atoms with E-state index in [2.05, 4.69) is 9.37 Å². The van der Waals surface area contributed by atoms with Crippen LogP contribution < -0.4 is 0 Å². The van der Waals surface area contributed by atoms with E-state index in [0.717, 1.165) is 23.5 Å². The van der Waals surface area contributed by atoms with Crippen LogP contribution in [0.4, 0.5) is 0 Å². The van der Waals surface area contributed by atoms with Crippen LogP contribution in [-0.4, -0.2) is 96.0 Å². The van der Waals surface area contributed by atoms with Crippen LogP contribution in [-0.2, 0) is 29.6 Å². The van der Waals surface area contributed by atoms with Gasteiger partial charge in [-0.25, -0.2) is 5.26 Å². The summed E-state index contributed by atoms with van der Waals surface area (Å²) in [5, 5.41) is 11.4. The summed E-state index contributed by atoms with van der Waals surface area (Å²) in [6.07, 6.45) is 0. The Balaban J connectivity index is 4.01. The highest BCUT2D eigenvalue weighted by molar-refractivity contribution is 8.01. The van der Waals surface area contributed by atoms with Crippen LogP contribution in [0.15, 0.2) is 0 Å². The molecule has 0 saturated heterocycles. The zero-order valence-electron chi connectivity index (χ0n) is 13.4. The van der Waals surface area contributed by atoms with Gasteiger partial charge >= 0.3 is 0 Å². The molecule has 0 fully saturated rings. The third-order valence-electron chi connectivity index (χ3n) is 2.64. The van der Waals surface area contributed by atoms with Gasteiger partial charge in [0.2, 0.25) is 0 Å². The molecule has 152 valence electrons. The van der Waals surface area contributed by atoms with Gasteiger partial charge in [0.1, 0.15) is 0 Å². The minimum Gasteiger partial charge on any atom is -0.301 e. The fourth-order valence-corrected chi connectivity index (χ4v) is 5.32. The number of hydrogen-bond acceptors (Lipinski definition) is 11. The highest BCUT2D eigenvalue weighted by Gasteiger charge is 2.11. The molecule has 0 rings (SSSR count). The maximum absolute atomic E-state index is 10.9. The summed E-state index contributed by atoms with van der Waals surface area (Å²) >= 11 is 3.89. The Labute approximate surface area is 160 Å². The van der Waals surface area contributed by atoms with E-state index in [1.807, 2.05) is 4.90 Å². The molecule has 25 heavy (non-hydrogen) atoms. The van der Waals surface area contributed by atoms with Crippen LogP contribution in [0.3, 0.4) is 0 Å². The number of nitrogens with zero attached hydrogens (tertiary/aromatic N) is 1. The molecule has 0 bridgehead atoms. The quantitative estimate of drug-likeness (QED) is 0.0912. The Hall–Kier alpha value is 0.710. The van der Waals surface area contributed by atoms with Crippen LogP contribution >= 0.6 is 35.6 Å². The predicted molar refractivity (Wildman–Crippen MR) is 101 cm³/mol. The van der Waals surface area contributed by atoms with Gasteiger partial charge in [-0.3, -0.25) is 9.11 Å². The van der Waals surface area contributed by atoms with Gasteiger partial charge < -0.3 is 4.90 Å². The molecule has 0 aliphatic rings. The fourth-order valence-electron chi connectivity index (χ4n) is 1.48. The van der Waals surface area contributed by atoms with Crippen molar-refractivity contribution in [3.63, 3.8) is 0 Å². The third kappa shape index (κ3) is 20.9. The van der Waals surface area contributed by atoms with E-state index < -0.39 is 20.2 Å². The number of thioether (sulfide) groups is 2. The largest absolute Gasteiger partial charge is 0.301 e. The van der Waals surface area contributed by atoms with Crippen molar-refractivity contribution >= 4 is 55.8 Å². The van der Waals surface area contributed by atoms with Crippen molar-refractivity contribution in [3.8, 4) is 0 Å². The average Bonchev–Trinajstić information content (AvgIpc) is 2.48. The summed E-state index contributed by atoms with van der Waals surface area (Å²) < 4.78 is 64.7. The lowest BCUT2D eigenvalue weighted by molar-refractivity contribution is -0.432. The van der Waals surface area contributed by atoms with Crippen LogP contribution in [0.2, 0.25) is 0 Å². The van der Waals surface area contributed by atoms with E-state index in [4.69, 9.17) is 14.4 Å². The van der Waals surface area contributed by atoms with Crippen LogP contribution in [0.5, 0.6) is 0 Å². The van der Waals surface area contributed by atoms with E-state index in [9.17, 15) is 16.8 Å². The van der Waals surface area contributed by atoms with Crippen molar-refractivity contribution in [1.82, 2.24) is 4.90 Å². The van der Waals surface area contributed by atoms with Gasteiger partial charge in [0.25, 0.3) is 20.2 Å². The first-order valence-corrected chi connectivity index (χ1v) is 13.5. The number of hydrogen-bond donors (Lipinski definition) is 3. The summed E-state index contributed by atoms with van der Waals surface area (Å²) in [5.74, 6) is 2.19. The summed E-state index contributed by atoms with van der Waals surface area (Å²) in [6.45, 7) is 1.30. The molecule has 0 aromatic carbocycles. The lowest BCUT2D eigenvalue weighted by Crippen LogP contribution is -2.33. The highest BCUT2D eigenvalue weighted by atomic mass is 32.2. The van der Waals surface area contributed by atoms with Gasteiger partial charge in [0, 0.05) is 60.4 Å². The molecule has 0 aromatic rings. The van der Waals surface area contributed by atoms with Gasteiger partial charge in [0.15, 0.2) is 0 Å². The summed E-state index contributed by atoms with van der Waals surface area (Å²) in [6, 6.07) is 0. The first kappa shape index (κ1) is 25.7. The standard InChI is InChI=1S/C10H23NO9S5/c12-19-20-23-7-6-21-4-1-11(3-9-24(13,14)15)2-5-22-8-10-25(16,17)18/h12H,1-10H2,(H,13,14,15)(H,16,17,18). The van der Waals surface area contributed by atoms with E-state index in [-0.39, 0.29) is 23.8 Å². The van der Waals surface area contributed by atoms with Gasteiger partial charge in [-0.15, -0.1) is 4.33 Å². The Kier molecular flexibility index (Phi) is 15.1. The molecule has 0 radical (unpaired) electrons. The summed E-state index contributed by atoms with van der Waals surface area (Å²) in [7, 11) is -8.01. The normalized spacial score (nSPS) is 12.8. The molecule has 0 aromatic heterocycles. The molecule has 0 amide bonds. The van der Waals surface area contributed by atoms with Gasteiger partial charge in [-0.05, 0) is 0 Å². The fraction of sp³-hybridized carbons (Fsp3) is 1.00. The molecular formula is C10H23NO9S5. The van der Waals surface area contributed by atoms with Gasteiger partial charge in [-0.2, -0.15) is 40.4 Å². The lowest BCUT2D eigenvalue weighted by atomic mass is 10.5. The molecule has 15 heteroatoms. The minimum absolute atomic E-state index is 0.175. The zero-order valence-corrected chi connectivity index (χ0v) is 17.4. The smallest absolute Gasteiger partial charge is 0.266 e. The SMILES string of the molecule is O=S(=O)(O)CCSCCN(CCSCCSOOO)CCS(=O)(=O)O. The van der Waals surface area contributed by atoms with E-state index in [1.54, 1.807) is 11.8 Å². The molecule has 10 nitrogen and oxygen atoms in total. The van der Waals surface area contributed by atoms with Crippen molar-refractivity contribution in [1.29, 1.82) is 0 Å². The molecule has 0 heterocycles. The van der Waals surface area contributed by atoms with Crippen molar-refractivity contribution in [2.24, 2.45) is 0 Å². The Morgan fingerprint density at radius 2 is 1.32 bits per heavy atom. The van der Waals surface area contributed by atoms with E-state index >= 15 is 0 Å². The van der Waals surface area contributed by atoms with Crippen molar-refractivity contribution in [3.05, 3.63) is 0 Å². The second-order valence-electron chi connectivity index (χ2n) is 4.60. The zero-order chi connectivity index (χ0) is 19.2. The molecule has 0 atom stereocenters. The molecular weight excluding hydrogens is 438 g/mol. The predicted octanol–water partition coefficient (Wildman–Crippen LogP) is 0.600. The van der Waals surface area contributed by atoms with E-state index in [1.165, 1.54) is 11.8 Å². The van der Waals surface area contributed by atoms with Crippen LogP contribution in [0.1, 0.15) is 0 Å². The Morgan fingerprint density at radius 3 is 1.84 bits per heavy atom. The van der Waals surface area contributed by atoms with Gasteiger partial charge in [0.05, 0.1) is 11.5 Å². The molecule has 0 spiro atoms. The van der Waals surface area contributed by atoms with Crippen LogP contribution in [0, 0.1) is 0 Å². The summed E-state index contributed by atoms with van der Waals surface area (Å²) in [5.41, 5.74) is 0. The highest BCUT2D eigenvalue weighted by Crippen LogP contribution is 2.09. The molecule has 0 saturated carbocycles. The van der Waals surface area contributed by atoms with E-state index in [0.29, 0.717) is 24.6 Å². The van der Waals surface area contributed by atoms with Crippen molar-refractivity contribution in [2.45, 2.75) is 0 Å². The summed E-state index contributed by atoms with van der Waals surface area (Å²) in [4.78, 5) is 1.86. The molecule has 3 N–H and O–H groups in total. The second kappa shape index (κ2) is 14.7. The second-order valence-corrected chi connectivity index (χ2v) is 11.0. The minimum atomic E-state index is -4.04. The molecule has 0 aliphatic carbocycles. The lowest BCUT2D eigenvalue weighted by Gasteiger charge is -2.21. The van der Waals surface area contributed by atoms with Crippen molar-refractivity contribution in [2.75, 3.05) is 59.9 Å². The first-order valence-electron chi connectivity index (χ1n) is 7.02.